The summed E-state index contributed by atoms with van der Waals surface area (Å²) in [6, 6.07) is 4.20. The normalized spacial score (nSPS) is 18.3. The second-order valence-corrected chi connectivity index (χ2v) is 5.87. The minimum atomic E-state index is -0.426. The summed E-state index contributed by atoms with van der Waals surface area (Å²) in [6.45, 7) is 3.69. The molecule has 1 atom stereocenters. The van der Waals surface area contributed by atoms with Crippen LogP contribution in [0.25, 0.3) is 0 Å². The van der Waals surface area contributed by atoms with Crippen LogP contribution in [0, 0.1) is 12.7 Å². The number of primary amides is 1. The molecule has 0 bridgehead atoms. The Balaban J connectivity index is 2.01. The molecular formula is C16H22FN3O3. The van der Waals surface area contributed by atoms with Crippen LogP contribution in [0.1, 0.15) is 15.9 Å². The van der Waals surface area contributed by atoms with Gasteiger partial charge in [-0.25, -0.2) is 4.39 Å². The Labute approximate surface area is 135 Å². The molecule has 126 valence electrons. The highest BCUT2D eigenvalue weighted by Crippen LogP contribution is 2.16. The van der Waals surface area contributed by atoms with E-state index in [1.807, 2.05) is 0 Å². The van der Waals surface area contributed by atoms with Crippen molar-refractivity contribution in [3.05, 3.63) is 35.1 Å². The van der Waals surface area contributed by atoms with Crippen molar-refractivity contribution in [1.29, 1.82) is 0 Å². The number of nitrogens with zero attached hydrogens (tertiary/aromatic N) is 2. The van der Waals surface area contributed by atoms with Gasteiger partial charge >= 0.3 is 0 Å². The second kappa shape index (κ2) is 7.52. The van der Waals surface area contributed by atoms with Gasteiger partial charge in [-0.2, -0.15) is 0 Å². The summed E-state index contributed by atoms with van der Waals surface area (Å²) in [7, 11) is 1.77. The van der Waals surface area contributed by atoms with E-state index in [9.17, 15) is 14.0 Å². The molecule has 1 aromatic rings. The van der Waals surface area contributed by atoms with Gasteiger partial charge in [0.2, 0.25) is 5.91 Å². The number of nitrogens with two attached hydrogens (primary N) is 1. The smallest absolute Gasteiger partial charge is 0.254 e. The number of hydrogen-bond donors (Lipinski definition) is 1. The molecule has 1 aliphatic rings. The fraction of sp³-hybridized carbons (Fsp3) is 0.500. The summed E-state index contributed by atoms with van der Waals surface area (Å²) < 4.78 is 19.0. The standard InChI is InChI=1S/C16H22FN3O3/c1-11-3-4-12(17)7-14(11)16(22)20-5-6-23-13(9-20)8-19(2)10-15(18)21/h3-4,7,13H,5-6,8-10H2,1-2H3,(H2,18,21)/t13-/m1/s1. The van der Waals surface area contributed by atoms with Gasteiger partial charge < -0.3 is 15.4 Å². The van der Waals surface area contributed by atoms with Crippen molar-refractivity contribution in [2.45, 2.75) is 13.0 Å². The van der Waals surface area contributed by atoms with Gasteiger partial charge in [-0.3, -0.25) is 14.5 Å². The van der Waals surface area contributed by atoms with E-state index in [1.165, 1.54) is 12.1 Å². The minimum Gasteiger partial charge on any atom is -0.373 e. The van der Waals surface area contributed by atoms with E-state index in [4.69, 9.17) is 10.5 Å². The molecule has 0 radical (unpaired) electrons. The third-order valence-electron chi connectivity index (χ3n) is 3.80. The third kappa shape index (κ3) is 4.74. The predicted octanol–water partition coefficient (Wildman–Crippen LogP) is 0.392. The maximum absolute atomic E-state index is 13.4. The van der Waals surface area contributed by atoms with Gasteiger partial charge in [-0.1, -0.05) is 6.07 Å². The molecule has 0 saturated carbocycles. The number of carbonyl (C=O) groups is 2. The molecule has 0 aliphatic carbocycles. The highest BCUT2D eigenvalue weighted by atomic mass is 19.1. The number of rotatable bonds is 5. The van der Waals surface area contributed by atoms with Crippen LogP contribution in [0.15, 0.2) is 18.2 Å². The summed E-state index contributed by atoms with van der Waals surface area (Å²) in [5.41, 5.74) is 6.27. The Bertz CT molecular complexity index is 594. The lowest BCUT2D eigenvalue weighted by Gasteiger charge is -2.35. The summed E-state index contributed by atoms with van der Waals surface area (Å²) in [5, 5.41) is 0. The maximum Gasteiger partial charge on any atom is 0.254 e. The Hall–Kier alpha value is -1.99. The van der Waals surface area contributed by atoms with E-state index in [0.717, 1.165) is 5.56 Å². The second-order valence-electron chi connectivity index (χ2n) is 5.87. The van der Waals surface area contributed by atoms with Gasteiger partial charge in [0, 0.05) is 25.2 Å². The van der Waals surface area contributed by atoms with Crippen LogP contribution >= 0.6 is 0 Å². The SMILES string of the molecule is Cc1ccc(F)cc1C(=O)N1CCO[C@H](CN(C)CC(N)=O)C1. The largest absolute Gasteiger partial charge is 0.373 e. The first-order valence-corrected chi connectivity index (χ1v) is 7.50. The fourth-order valence-corrected chi connectivity index (χ4v) is 2.69. The van der Waals surface area contributed by atoms with Crippen LogP contribution < -0.4 is 5.73 Å². The van der Waals surface area contributed by atoms with Gasteiger partial charge in [0.05, 0.1) is 19.3 Å². The number of amides is 2. The highest BCUT2D eigenvalue weighted by molar-refractivity contribution is 5.95. The van der Waals surface area contributed by atoms with Crippen molar-refractivity contribution < 1.29 is 18.7 Å². The zero-order chi connectivity index (χ0) is 17.0. The summed E-state index contributed by atoms with van der Waals surface area (Å²) in [4.78, 5) is 26.9. The van der Waals surface area contributed by atoms with Crippen LogP contribution in [0.4, 0.5) is 4.39 Å². The Morgan fingerprint density at radius 2 is 2.22 bits per heavy atom. The quantitative estimate of drug-likeness (QED) is 0.851. The molecule has 1 aromatic carbocycles. The number of morpholine rings is 1. The molecule has 1 fully saturated rings. The first kappa shape index (κ1) is 17.4. The average molecular weight is 323 g/mol. The fourth-order valence-electron chi connectivity index (χ4n) is 2.69. The van der Waals surface area contributed by atoms with Crippen molar-refractivity contribution >= 4 is 11.8 Å². The molecule has 1 saturated heterocycles. The molecule has 7 heteroatoms. The molecule has 0 aromatic heterocycles. The van der Waals surface area contributed by atoms with Gasteiger partial charge in [0.1, 0.15) is 5.82 Å². The zero-order valence-electron chi connectivity index (χ0n) is 13.4. The Kier molecular flexibility index (Phi) is 5.68. The van der Waals surface area contributed by atoms with Gasteiger partial charge in [-0.15, -0.1) is 0 Å². The van der Waals surface area contributed by atoms with E-state index < -0.39 is 11.7 Å². The van der Waals surface area contributed by atoms with E-state index in [2.05, 4.69) is 0 Å². The molecular weight excluding hydrogens is 301 g/mol. The number of carbonyl (C=O) groups excluding carboxylic acids is 2. The van der Waals surface area contributed by atoms with Crippen LogP contribution in [0.2, 0.25) is 0 Å². The molecule has 1 aliphatic heterocycles. The number of benzene rings is 1. The topological polar surface area (TPSA) is 75.9 Å². The van der Waals surface area contributed by atoms with Crippen molar-refractivity contribution in [3.63, 3.8) is 0 Å². The van der Waals surface area contributed by atoms with Crippen molar-refractivity contribution in [2.75, 3.05) is 39.8 Å². The molecule has 6 nitrogen and oxygen atoms in total. The van der Waals surface area contributed by atoms with E-state index in [-0.39, 0.29) is 18.6 Å². The van der Waals surface area contributed by atoms with E-state index in [0.29, 0.717) is 31.8 Å². The predicted molar refractivity (Wildman–Crippen MR) is 83.5 cm³/mol. The number of halogens is 1. The van der Waals surface area contributed by atoms with E-state index in [1.54, 1.807) is 29.8 Å². The minimum absolute atomic E-state index is 0.136. The average Bonchev–Trinajstić information content (AvgIpc) is 2.48. The number of aryl methyl sites for hydroxylation is 1. The van der Waals surface area contributed by atoms with Crippen LogP contribution in [0.5, 0.6) is 0 Å². The molecule has 0 unspecified atom stereocenters. The summed E-state index contributed by atoms with van der Waals surface area (Å²) >= 11 is 0. The summed E-state index contributed by atoms with van der Waals surface area (Å²) in [5.74, 6) is -1.04. The number of hydrogen-bond acceptors (Lipinski definition) is 4. The lowest BCUT2D eigenvalue weighted by atomic mass is 10.1. The first-order chi connectivity index (χ1) is 10.9. The first-order valence-electron chi connectivity index (χ1n) is 7.50. The van der Waals surface area contributed by atoms with Crippen LogP contribution in [0.3, 0.4) is 0 Å². The van der Waals surface area contributed by atoms with Crippen molar-refractivity contribution in [3.8, 4) is 0 Å². The molecule has 0 spiro atoms. The zero-order valence-corrected chi connectivity index (χ0v) is 13.4. The lowest BCUT2D eigenvalue weighted by Crippen LogP contribution is -2.50. The highest BCUT2D eigenvalue weighted by Gasteiger charge is 2.27. The molecule has 2 N–H and O–H groups in total. The van der Waals surface area contributed by atoms with Gasteiger partial charge in [0.25, 0.3) is 5.91 Å². The third-order valence-corrected chi connectivity index (χ3v) is 3.80. The van der Waals surface area contributed by atoms with Crippen LogP contribution in [-0.4, -0.2) is 67.6 Å². The summed E-state index contributed by atoms with van der Waals surface area (Å²) in [6.07, 6.45) is -0.203. The van der Waals surface area contributed by atoms with Crippen LogP contribution in [-0.2, 0) is 9.53 Å². The van der Waals surface area contributed by atoms with Crippen molar-refractivity contribution in [2.24, 2.45) is 5.73 Å². The molecule has 23 heavy (non-hydrogen) atoms. The number of ether oxygens (including phenoxy) is 1. The van der Waals surface area contributed by atoms with Gasteiger partial charge in [-0.05, 0) is 31.7 Å². The Morgan fingerprint density at radius 1 is 1.48 bits per heavy atom. The van der Waals surface area contributed by atoms with Gasteiger partial charge in [0.15, 0.2) is 0 Å². The maximum atomic E-state index is 13.4. The van der Waals surface area contributed by atoms with E-state index >= 15 is 0 Å². The molecule has 2 rings (SSSR count). The Morgan fingerprint density at radius 3 is 2.91 bits per heavy atom. The van der Waals surface area contributed by atoms with Crippen molar-refractivity contribution in [1.82, 2.24) is 9.80 Å². The number of likely N-dealkylation sites (N-methyl/N-ethyl adjacent to an activating group) is 1. The molecule has 1 heterocycles. The molecule has 2 amide bonds. The lowest BCUT2D eigenvalue weighted by molar-refractivity contribution is -0.119. The monoisotopic (exact) mass is 323 g/mol.